The largest absolute Gasteiger partial charge is 0.668 e. The first-order valence-corrected chi connectivity index (χ1v) is 13.8. The first-order chi connectivity index (χ1) is 12.0. The fraction of sp³-hybridized carbons (Fsp3) is 0.824. The van der Waals surface area contributed by atoms with Gasteiger partial charge in [-0.2, -0.15) is 0 Å². The minimum absolute atomic E-state index is 0.357. The molecule has 0 aliphatic heterocycles. The van der Waals surface area contributed by atoms with Crippen LogP contribution in [0.25, 0.3) is 0 Å². The zero-order chi connectivity index (χ0) is 19.0. The molecule has 0 saturated carbocycles. The first kappa shape index (κ1) is 24.5. The van der Waals surface area contributed by atoms with Crippen LogP contribution >= 0.6 is 0 Å². The van der Waals surface area contributed by atoms with Gasteiger partial charge in [-0.1, -0.05) is 33.3 Å². The van der Waals surface area contributed by atoms with Gasteiger partial charge in [0, 0.05) is 25.9 Å². The molecule has 0 aliphatic rings. The van der Waals surface area contributed by atoms with E-state index in [1.54, 1.807) is 0 Å². The molecule has 6 nitrogen and oxygen atoms in total. The molecule has 0 N–H and O–H groups in total. The van der Waals surface area contributed by atoms with Crippen molar-refractivity contribution in [1.82, 2.24) is 0 Å². The van der Waals surface area contributed by atoms with Crippen molar-refractivity contribution in [2.24, 2.45) is 0 Å². The van der Waals surface area contributed by atoms with E-state index in [0.717, 1.165) is 32.1 Å². The number of ether oxygens (including phenoxy) is 1. The molecule has 0 rings (SSSR count). The Balaban J connectivity index is 4.48. The minimum Gasteiger partial charge on any atom is -0.463 e. The Morgan fingerprint density at radius 1 is 0.920 bits per heavy atom. The van der Waals surface area contributed by atoms with Gasteiger partial charge in [-0.05, 0) is 38.8 Å². The molecule has 0 amide bonds. The summed E-state index contributed by atoms with van der Waals surface area (Å²) < 4.78 is 29.1. The molecule has 148 valence electrons. The first-order valence-electron chi connectivity index (χ1n) is 9.38. The lowest BCUT2D eigenvalue weighted by molar-refractivity contribution is -0.137. The number of rotatable bonds is 17. The van der Waals surface area contributed by atoms with Crippen molar-refractivity contribution < 1.29 is 26.9 Å². The lowest BCUT2D eigenvalue weighted by Crippen LogP contribution is -2.52. The molecule has 0 aromatic carbocycles. The molecule has 0 aliphatic carbocycles. The van der Waals surface area contributed by atoms with Gasteiger partial charge in [0.15, 0.2) is 9.04 Å². The molecule has 0 spiro atoms. The fourth-order valence-electron chi connectivity index (χ4n) is 1.83. The summed E-state index contributed by atoms with van der Waals surface area (Å²) in [6.45, 7) is 13.8. The molecule has 0 heterocycles. The van der Waals surface area contributed by atoms with E-state index in [9.17, 15) is 4.79 Å². The molecule has 0 radical (unpaired) electrons. The molecular weight excluding hydrogens is 356 g/mol. The Hall–Kier alpha value is -0.516. The molecule has 0 aromatic heterocycles. The second kappa shape index (κ2) is 15.7. The van der Waals surface area contributed by atoms with Crippen LogP contribution in [0.3, 0.4) is 0 Å². The standard InChI is InChI=1S/C17H36O6Si2/c1-6-9-14-20-25(23-24(4)5,21-15-10-7-2)22-16-12-11-13-19-17(18)8-3/h8,24H,3,6-7,9-16H2,1-2,4-5H3. The highest BCUT2D eigenvalue weighted by Crippen LogP contribution is 2.16. The predicted molar refractivity (Wildman–Crippen MR) is 104 cm³/mol. The topological polar surface area (TPSA) is 63.2 Å². The van der Waals surface area contributed by atoms with Crippen LogP contribution in [0.4, 0.5) is 0 Å². The van der Waals surface area contributed by atoms with E-state index >= 15 is 0 Å². The van der Waals surface area contributed by atoms with Crippen molar-refractivity contribution in [2.45, 2.75) is 65.5 Å². The summed E-state index contributed by atoms with van der Waals surface area (Å²) in [5.41, 5.74) is 0. The zero-order valence-electron chi connectivity index (χ0n) is 16.4. The zero-order valence-corrected chi connectivity index (χ0v) is 18.5. The van der Waals surface area contributed by atoms with Crippen LogP contribution in [0.1, 0.15) is 52.4 Å². The van der Waals surface area contributed by atoms with Crippen LogP contribution in [-0.2, 0) is 26.9 Å². The molecule has 25 heavy (non-hydrogen) atoms. The summed E-state index contributed by atoms with van der Waals surface area (Å²) in [5, 5.41) is 0. The molecule has 0 saturated heterocycles. The number of carbonyl (C=O) groups is 1. The Bertz CT molecular complexity index is 342. The summed E-state index contributed by atoms with van der Waals surface area (Å²) >= 11 is 0. The lowest BCUT2D eigenvalue weighted by Gasteiger charge is -2.30. The maximum absolute atomic E-state index is 11.0. The van der Waals surface area contributed by atoms with Crippen LogP contribution in [0.2, 0.25) is 13.1 Å². The highest BCUT2D eigenvalue weighted by atomic mass is 28.4. The molecule has 8 heteroatoms. The third-order valence-electron chi connectivity index (χ3n) is 3.16. The van der Waals surface area contributed by atoms with Crippen molar-refractivity contribution in [2.75, 3.05) is 26.4 Å². The van der Waals surface area contributed by atoms with E-state index < -0.39 is 24.1 Å². The van der Waals surface area contributed by atoms with Gasteiger partial charge in [-0.15, -0.1) is 0 Å². The highest BCUT2D eigenvalue weighted by Gasteiger charge is 2.46. The second-order valence-electron chi connectivity index (χ2n) is 6.00. The molecule has 0 atom stereocenters. The Labute approximate surface area is 156 Å². The Morgan fingerprint density at radius 2 is 1.40 bits per heavy atom. The summed E-state index contributed by atoms with van der Waals surface area (Å²) in [6, 6.07) is 0. The van der Waals surface area contributed by atoms with Crippen molar-refractivity contribution in [3.63, 3.8) is 0 Å². The van der Waals surface area contributed by atoms with E-state index in [1.807, 2.05) is 0 Å². The van der Waals surface area contributed by atoms with Crippen molar-refractivity contribution >= 4 is 24.1 Å². The van der Waals surface area contributed by atoms with E-state index in [1.165, 1.54) is 6.08 Å². The molecule has 0 unspecified atom stereocenters. The summed E-state index contributed by atoms with van der Waals surface area (Å²) in [6.07, 6.45) is 6.63. The molecule has 0 aromatic rings. The van der Waals surface area contributed by atoms with Crippen molar-refractivity contribution in [3.05, 3.63) is 12.7 Å². The molecule has 0 fully saturated rings. The smallest absolute Gasteiger partial charge is 0.463 e. The van der Waals surface area contributed by atoms with Gasteiger partial charge in [-0.3, -0.25) is 0 Å². The number of esters is 1. The third kappa shape index (κ3) is 13.4. The highest BCUT2D eigenvalue weighted by molar-refractivity contribution is 6.66. The van der Waals surface area contributed by atoms with E-state index in [0.29, 0.717) is 32.8 Å². The maximum atomic E-state index is 11.0. The van der Waals surface area contributed by atoms with Gasteiger partial charge in [0.25, 0.3) is 0 Å². The molecule has 0 bridgehead atoms. The van der Waals surface area contributed by atoms with Gasteiger partial charge >= 0.3 is 15.0 Å². The van der Waals surface area contributed by atoms with Crippen LogP contribution in [0, 0.1) is 0 Å². The van der Waals surface area contributed by atoms with Crippen LogP contribution < -0.4 is 0 Å². The summed E-state index contributed by atoms with van der Waals surface area (Å²) in [5.74, 6) is -0.399. The van der Waals surface area contributed by atoms with E-state index in [4.69, 9.17) is 22.1 Å². The van der Waals surface area contributed by atoms with E-state index in [-0.39, 0.29) is 0 Å². The van der Waals surface area contributed by atoms with Gasteiger partial charge in [0.1, 0.15) is 0 Å². The fourth-order valence-corrected chi connectivity index (χ4v) is 6.39. The van der Waals surface area contributed by atoms with Crippen molar-refractivity contribution in [1.29, 1.82) is 0 Å². The second-order valence-corrected chi connectivity index (χ2v) is 10.9. The van der Waals surface area contributed by atoms with Crippen LogP contribution in [-0.4, -0.2) is 50.5 Å². The maximum Gasteiger partial charge on any atom is 0.668 e. The van der Waals surface area contributed by atoms with Gasteiger partial charge < -0.3 is 22.1 Å². The number of unbranched alkanes of at least 4 members (excludes halogenated alkanes) is 3. The predicted octanol–water partition coefficient (Wildman–Crippen LogP) is 3.58. The number of carbonyl (C=O) groups excluding carboxylic acids is 1. The van der Waals surface area contributed by atoms with Crippen LogP contribution in [0.5, 0.6) is 0 Å². The quantitative estimate of drug-likeness (QED) is 0.163. The van der Waals surface area contributed by atoms with Gasteiger partial charge in [0.2, 0.25) is 0 Å². The summed E-state index contributed by atoms with van der Waals surface area (Å²) in [7, 11) is -4.46. The average molecular weight is 393 g/mol. The SMILES string of the molecule is C=CC(=O)OCCCCO[Si](OCCCC)(OCCCC)O[SiH](C)C. The summed E-state index contributed by atoms with van der Waals surface area (Å²) in [4.78, 5) is 11.0. The van der Waals surface area contributed by atoms with Gasteiger partial charge in [-0.25, -0.2) is 4.79 Å². The molecular formula is C17H36O6Si2. The number of hydrogen-bond donors (Lipinski definition) is 0. The van der Waals surface area contributed by atoms with E-state index in [2.05, 4.69) is 33.5 Å². The minimum atomic E-state index is -3.08. The Morgan fingerprint density at radius 3 is 1.84 bits per heavy atom. The third-order valence-corrected chi connectivity index (χ3v) is 7.88. The van der Waals surface area contributed by atoms with Crippen LogP contribution in [0.15, 0.2) is 12.7 Å². The normalized spacial score (nSPS) is 11.7. The van der Waals surface area contributed by atoms with Gasteiger partial charge in [0.05, 0.1) is 6.61 Å². The Kier molecular flexibility index (Phi) is 15.4. The lowest BCUT2D eigenvalue weighted by atomic mass is 10.3. The monoisotopic (exact) mass is 392 g/mol. The van der Waals surface area contributed by atoms with Crippen molar-refractivity contribution in [3.8, 4) is 0 Å². The number of hydrogen-bond acceptors (Lipinski definition) is 6. The average Bonchev–Trinajstić information content (AvgIpc) is 2.57.